The van der Waals surface area contributed by atoms with Crippen LogP contribution in [0.2, 0.25) is 0 Å². The van der Waals surface area contributed by atoms with Crippen molar-refractivity contribution in [1.29, 1.82) is 0 Å². The number of para-hydroxylation sites is 1. The molecule has 1 N–H and O–H groups in total. The van der Waals surface area contributed by atoms with Gasteiger partial charge in [0, 0.05) is 12.7 Å². The largest absolute Gasteiger partial charge is 0.325 e. The maximum absolute atomic E-state index is 12.6. The standard InChI is InChI=1S/C17H19N5OS/c1-10-6-5-7-11(2)14(10)21-16(23)12(3)24-17-13-8-20-22(4)15(13)18-9-19-17/h5-9,12H,1-4H3,(H,21,23). The van der Waals surface area contributed by atoms with Gasteiger partial charge in [-0.1, -0.05) is 30.0 Å². The van der Waals surface area contributed by atoms with Crippen LogP contribution < -0.4 is 5.32 Å². The highest BCUT2D eigenvalue weighted by Gasteiger charge is 2.19. The molecule has 0 saturated carbocycles. The minimum atomic E-state index is -0.290. The Kier molecular flexibility index (Phi) is 4.53. The van der Waals surface area contributed by atoms with Gasteiger partial charge in [0.2, 0.25) is 5.91 Å². The molecule has 0 fully saturated rings. The quantitative estimate of drug-likeness (QED) is 0.583. The minimum Gasteiger partial charge on any atom is -0.325 e. The van der Waals surface area contributed by atoms with E-state index in [2.05, 4.69) is 20.4 Å². The van der Waals surface area contributed by atoms with Gasteiger partial charge in [-0.3, -0.25) is 9.48 Å². The van der Waals surface area contributed by atoms with E-state index in [-0.39, 0.29) is 11.2 Å². The molecule has 1 aromatic carbocycles. The Hall–Kier alpha value is -2.41. The number of carbonyl (C=O) groups excluding carboxylic acids is 1. The monoisotopic (exact) mass is 341 g/mol. The lowest BCUT2D eigenvalue weighted by Gasteiger charge is -2.15. The molecule has 24 heavy (non-hydrogen) atoms. The summed E-state index contributed by atoms with van der Waals surface area (Å²) in [5.74, 6) is -0.0481. The van der Waals surface area contributed by atoms with Gasteiger partial charge in [0.1, 0.15) is 11.4 Å². The average Bonchev–Trinajstić information content (AvgIpc) is 2.93. The van der Waals surface area contributed by atoms with Gasteiger partial charge in [-0.2, -0.15) is 5.10 Å². The van der Waals surface area contributed by atoms with E-state index < -0.39 is 0 Å². The van der Waals surface area contributed by atoms with Crippen molar-refractivity contribution in [3.8, 4) is 0 Å². The number of amides is 1. The highest BCUT2D eigenvalue weighted by atomic mass is 32.2. The number of aromatic nitrogens is 4. The number of nitrogens with one attached hydrogen (secondary N) is 1. The first-order valence-electron chi connectivity index (χ1n) is 7.64. The molecule has 0 aliphatic rings. The van der Waals surface area contributed by atoms with Gasteiger partial charge in [0.15, 0.2) is 5.65 Å². The van der Waals surface area contributed by atoms with Gasteiger partial charge in [-0.15, -0.1) is 0 Å². The van der Waals surface area contributed by atoms with Crippen molar-refractivity contribution in [2.24, 2.45) is 7.05 Å². The second kappa shape index (κ2) is 6.60. The fourth-order valence-corrected chi connectivity index (χ4v) is 3.37. The number of fused-ring (bicyclic) bond motifs is 1. The molecule has 2 aromatic heterocycles. The van der Waals surface area contributed by atoms with Crippen LogP contribution in [0.25, 0.3) is 11.0 Å². The van der Waals surface area contributed by atoms with E-state index >= 15 is 0 Å². The van der Waals surface area contributed by atoms with Crippen LogP contribution in [0, 0.1) is 13.8 Å². The normalized spacial score (nSPS) is 12.3. The zero-order chi connectivity index (χ0) is 17.3. The molecule has 0 aliphatic heterocycles. The number of carbonyl (C=O) groups is 1. The lowest BCUT2D eigenvalue weighted by molar-refractivity contribution is -0.115. The minimum absolute atomic E-state index is 0.0481. The molecule has 1 atom stereocenters. The summed E-state index contributed by atoms with van der Waals surface area (Å²) >= 11 is 1.41. The van der Waals surface area contributed by atoms with Crippen molar-refractivity contribution in [3.63, 3.8) is 0 Å². The number of thioether (sulfide) groups is 1. The zero-order valence-corrected chi connectivity index (χ0v) is 14.9. The van der Waals surface area contributed by atoms with Gasteiger partial charge < -0.3 is 5.32 Å². The zero-order valence-electron chi connectivity index (χ0n) is 14.1. The second-order valence-electron chi connectivity index (χ2n) is 5.70. The highest BCUT2D eigenvalue weighted by molar-refractivity contribution is 8.00. The van der Waals surface area contributed by atoms with Gasteiger partial charge in [0.05, 0.1) is 16.8 Å². The van der Waals surface area contributed by atoms with E-state index in [0.717, 1.165) is 32.9 Å². The molecule has 0 spiro atoms. The predicted molar refractivity (Wildman–Crippen MR) is 96.2 cm³/mol. The first-order chi connectivity index (χ1) is 11.5. The van der Waals surface area contributed by atoms with Crippen molar-refractivity contribution in [3.05, 3.63) is 41.9 Å². The van der Waals surface area contributed by atoms with Crippen LogP contribution in [0.1, 0.15) is 18.1 Å². The maximum Gasteiger partial charge on any atom is 0.237 e. The van der Waals surface area contributed by atoms with E-state index in [0.29, 0.717) is 0 Å². The van der Waals surface area contributed by atoms with Crippen LogP contribution in [0.15, 0.2) is 35.7 Å². The van der Waals surface area contributed by atoms with Crippen LogP contribution >= 0.6 is 11.8 Å². The molecule has 3 aromatic rings. The molecule has 0 saturated heterocycles. The molecule has 1 unspecified atom stereocenters. The van der Waals surface area contributed by atoms with Crippen molar-refractivity contribution in [1.82, 2.24) is 19.7 Å². The Morgan fingerprint density at radius 2 is 1.96 bits per heavy atom. The molecular weight excluding hydrogens is 322 g/mol. The fourth-order valence-electron chi connectivity index (χ4n) is 2.49. The maximum atomic E-state index is 12.6. The topological polar surface area (TPSA) is 72.7 Å². The third-order valence-corrected chi connectivity index (χ3v) is 5.00. The molecule has 124 valence electrons. The summed E-state index contributed by atoms with van der Waals surface area (Å²) in [6, 6.07) is 5.96. The van der Waals surface area contributed by atoms with Crippen LogP contribution in [0.4, 0.5) is 5.69 Å². The summed E-state index contributed by atoms with van der Waals surface area (Å²) in [5.41, 5.74) is 3.74. The van der Waals surface area contributed by atoms with Crippen LogP contribution in [-0.4, -0.2) is 30.9 Å². The van der Waals surface area contributed by atoms with Crippen LogP contribution in [-0.2, 0) is 11.8 Å². The first-order valence-corrected chi connectivity index (χ1v) is 8.51. The second-order valence-corrected chi connectivity index (χ2v) is 7.03. The van der Waals surface area contributed by atoms with E-state index in [9.17, 15) is 4.79 Å². The molecule has 6 nitrogen and oxygen atoms in total. The molecule has 0 radical (unpaired) electrons. The van der Waals surface area contributed by atoms with Crippen LogP contribution in [0.3, 0.4) is 0 Å². The fraction of sp³-hybridized carbons (Fsp3) is 0.294. The molecule has 7 heteroatoms. The summed E-state index contributed by atoms with van der Waals surface area (Å²) in [6.45, 7) is 5.85. The van der Waals surface area contributed by atoms with E-state index in [4.69, 9.17) is 0 Å². The average molecular weight is 341 g/mol. The third kappa shape index (κ3) is 3.12. The number of nitrogens with zero attached hydrogens (tertiary/aromatic N) is 4. The summed E-state index contributed by atoms with van der Waals surface area (Å²) in [7, 11) is 1.83. The van der Waals surface area contributed by atoms with Gasteiger partial charge in [0.25, 0.3) is 0 Å². The number of aryl methyl sites for hydroxylation is 3. The molecule has 1 amide bonds. The summed E-state index contributed by atoms with van der Waals surface area (Å²) in [6.07, 6.45) is 3.23. The van der Waals surface area contributed by atoms with Gasteiger partial charge >= 0.3 is 0 Å². The molecule has 0 bridgehead atoms. The lowest BCUT2D eigenvalue weighted by atomic mass is 10.1. The van der Waals surface area contributed by atoms with E-state index in [1.807, 2.05) is 46.0 Å². The summed E-state index contributed by atoms with van der Waals surface area (Å²) < 4.78 is 1.70. The third-order valence-electron chi connectivity index (χ3n) is 3.88. The highest BCUT2D eigenvalue weighted by Crippen LogP contribution is 2.29. The number of benzene rings is 1. The Morgan fingerprint density at radius 1 is 1.25 bits per heavy atom. The number of hydrogen-bond donors (Lipinski definition) is 1. The van der Waals surface area contributed by atoms with Crippen LogP contribution in [0.5, 0.6) is 0 Å². The SMILES string of the molecule is Cc1cccc(C)c1NC(=O)C(C)Sc1ncnc2c1cnn2C. The smallest absolute Gasteiger partial charge is 0.237 e. The Balaban J connectivity index is 1.79. The predicted octanol–water partition coefficient (Wildman–Crippen LogP) is 3.10. The Labute approximate surface area is 144 Å². The van der Waals surface area contributed by atoms with Crippen molar-refractivity contribution < 1.29 is 4.79 Å². The Morgan fingerprint density at radius 3 is 2.67 bits per heavy atom. The van der Waals surface area contributed by atoms with Crippen molar-refractivity contribution in [2.75, 3.05) is 5.32 Å². The molecule has 0 aliphatic carbocycles. The molecular formula is C17H19N5OS. The Bertz CT molecular complexity index is 885. The molecule has 3 rings (SSSR count). The van der Waals surface area contributed by atoms with E-state index in [1.54, 1.807) is 10.9 Å². The van der Waals surface area contributed by atoms with Gasteiger partial charge in [-0.05, 0) is 31.9 Å². The summed E-state index contributed by atoms with van der Waals surface area (Å²) in [4.78, 5) is 21.1. The number of hydrogen-bond acceptors (Lipinski definition) is 5. The van der Waals surface area contributed by atoms with Crippen molar-refractivity contribution >= 4 is 34.4 Å². The van der Waals surface area contributed by atoms with Gasteiger partial charge in [-0.25, -0.2) is 9.97 Å². The number of rotatable bonds is 4. The first kappa shape index (κ1) is 16.4. The van der Waals surface area contributed by atoms with E-state index in [1.165, 1.54) is 18.1 Å². The number of anilines is 1. The molecule has 2 heterocycles. The lowest BCUT2D eigenvalue weighted by Crippen LogP contribution is -2.23. The summed E-state index contributed by atoms with van der Waals surface area (Å²) in [5, 5.41) is 8.56. The van der Waals surface area contributed by atoms with Crippen molar-refractivity contribution in [2.45, 2.75) is 31.0 Å².